The highest BCUT2D eigenvalue weighted by atomic mass is 32.2. The van der Waals surface area contributed by atoms with Gasteiger partial charge in [-0.15, -0.1) is 0 Å². The van der Waals surface area contributed by atoms with E-state index < -0.39 is 0 Å². The van der Waals surface area contributed by atoms with E-state index >= 15 is 0 Å². The molecule has 4 rings (SSSR count). The van der Waals surface area contributed by atoms with E-state index in [2.05, 4.69) is 5.32 Å². The molecule has 0 unspecified atom stereocenters. The lowest BCUT2D eigenvalue weighted by Gasteiger charge is -2.06. The third-order valence-corrected chi connectivity index (χ3v) is 5.93. The third kappa shape index (κ3) is 3.61. The Hall–Kier alpha value is -2.84. The fourth-order valence-corrected chi connectivity index (χ4v) is 4.19. The molecule has 0 spiro atoms. The van der Waals surface area contributed by atoms with Gasteiger partial charge in [0.15, 0.2) is 0 Å². The summed E-state index contributed by atoms with van der Waals surface area (Å²) in [6.45, 7) is 0.515. The Kier molecular flexibility index (Phi) is 5.06. The molecule has 1 aliphatic heterocycles. The number of fused-ring (bicyclic) bond motifs is 1. The van der Waals surface area contributed by atoms with Gasteiger partial charge in [0.2, 0.25) is 5.91 Å². The topological polar surface area (TPSA) is 67.5 Å². The van der Waals surface area contributed by atoms with Crippen LogP contribution in [-0.2, 0) is 22.7 Å². The van der Waals surface area contributed by atoms with E-state index in [1.54, 1.807) is 19.4 Å². The van der Waals surface area contributed by atoms with Gasteiger partial charge in [0.1, 0.15) is 16.6 Å². The molecule has 0 bridgehead atoms. The minimum absolute atomic E-state index is 0.108. The number of thioether (sulfide) groups is 1. The lowest BCUT2D eigenvalue weighted by atomic mass is 10.1. The van der Waals surface area contributed by atoms with Crippen LogP contribution in [-0.4, -0.2) is 32.6 Å². The molecule has 1 aromatic carbocycles. The molecule has 3 aromatic rings. The monoisotopic (exact) mass is 411 g/mol. The lowest BCUT2D eigenvalue weighted by Crippen LogP contribution is -2.26. The standard InChI is InChI=1S/C20H17N3O3S2/c1-22-19(25)17(28-20(22)27)9-13-11-23(16-7-3-2-6-15(13)16)12-18(24)21-10-14-5-4-8-26-14/h2-9,11H,10,12H2,1H3,(H,21,24)/b17-9-. The van der Waals surface area contributed by atoms with E-state index in [9.17, 15) is 9.59 Å². The normalized spacial score (nSPS) is 15.8. The number of nitrogens with one attached hydrogen (secondary N) is 1. The molecule has 3 heterocycles. The van der Waals surface area contributed by atoms with Gasteiger partial charge in [-0.05, 0) is 24.3 Å². The molecule has 1 N–H and O–H groups in total. The molecule has 1 fully saturated rings. The first kappa shape index (κ1) is 18.5. The van der Waals surface area contributed by atoms with Crippen LogP contribution in [0.5, 0.6) is 0 Å². The molecule has 28 heavy (non-hydrogen) atoms. The number of hydrogen-bond donors (Lipinski definition) is 1. The molecule has 1 saturated heterocycles. The molecule has 0 radical (unpaired) electrons. The number of aromatic nitrogens is 1. The molecule has 0 aliphatic carbocycles. The van der Waals surface area contributed by atoms with Crippen molar-refractivity contribution in [3.63, 3.8) is 0 Å². The van der Waals surface area contributed by atoms with Crippen molar-refractivity contribution in [2.24, 2.45) is 0 Å². The van der Waals surface area contributed by atoms with E-state index in [-0.39, 0.29) is 18.4 Å². The highest BCUT2D eigenvalue weighted by molar-refractivity contribution is 8.26. The fourth-order valence-electron chi connectivity index (χ4n) is 3.02. The summed E-state index contributed by atoms with van der Waals surface area (Å²) in [4.78, 5) is 26.7. The zero-order valence-electron chi connectivity index (χ0n) is 15.0. The van der Waals surface area contributed by atoms with Gasteiger partial charge in [-0.2, -0.15) is 0 Å². The number of hydrogen-bond acceptors (Lipinski definition) is 5. The van der Waals surface area contributed by atoms with E-state index in [4.69, 9.17) is 16.6 Å². The van der Waals surface area contributed by atoms with Crippen LogP contribution in [0.25, 0.3) is 17.0 Å². The van der Waals surface area contributed by atoms with Gasteiger partial charge in [0.25, 0.3) is 5.91 Å². The molecule has 2 amide bonds. The van der Waals surface area contributed by atoms with Crippen molar-refractivity contribution in [1.29, 1.82) is 0 Å². The Bertz CT molecular complexity index is 1100. The summed E-state index contributed by atoms with van der Waals surface area (Å²) in [5, 5.41) is 3.82. The van der Waals surface area contributed by atoms with Gasteiger partial charge in [-0.3, -0.25) is 14.5 Å². The molecule has 8 heteroatoms. The highest BCUT2D eigenvalue weighted by Gasteiger charge is 2.29. The number of amides is 2. The second-order valence-electron chi connectivity index (χ2n) is 6.33. The Morgan fingerprint density at radius 1 is 1.29 bits per heavy atom. The van der Waals surface area contributed by atoms with Crippen molar-refractivity contribution in [2.45, 2.75) is 13.1 Å². The number of furan rings is 1. The SMILES string of the molecule is CN1C(=O)/C(=C/c2cn(CC(=O)NCc3ccco3)c3ccccc23)SC1=S. The molecule has 6 nitrogen and oxygen atoms in total. The zero-order chi connectivity index (χ0) is 19.7. The minimum atomic E-state index is -0.122. The van der Waals surface area contributed by atoms with E-state index in [1.807, 2.05) is 47.2 Å². The molecule has 1 aliphatic rings. The van der Waals surface area contributed by atoms with Crippen molar-refractivity contribution in [1.82, 2.24) is 14.8 Å². The maximum atomic E-state index is 12.4. The van der Waals surface area contributed by atoms with Crippen LogP contribution in [0.2, 0.25) is 0 Å². The van der Waals surface area contributed by atoms with Crippen molar-refractivity contribution in [3.05, 3.63) is 65.1 Å². The van der Waals surface area contributed by atoms with Crippen molar-refractivity contribution in [3.8, 4) is 0 Å². The van der Waals surface area contributed by atoms with Crippen LogP contribution < -0.4 is 5.32 Å². The largest absolute Gasteiger partial charge is 0.467 e. The second kappa shape index (κ2) is 7.65. The first-order chi connectivity index (χ1) is 13.5. The molecular formula is C20H17N3O3S2. The van der Waals surface area contributed by atoms with Gasteiger partial charge in [-0.25, -0.2) is 0 Å². The van der Waals surface area contributed by atoms with Gasteiger partial charge < -0.3 is 14.3 Å². The average Bonchev–Trinajstić information content (AvgIpc) is 3.38. The van der Waals surface area contributed by atoms with Crippen molar-refractivity contribution < 1.29 is 14.0 Å². The lowest BCUT2D eigenvalue weighted by molar-refractivity contribution is -0.122. The molecule has 0 saturated carbocycles. The Labute approximate surface area is 171 Å². The van der Waals surface area contributed by atoms with Gasteiger partial charge in [0.05, 0.1) is 17.7 Å². The summed E-state index contributed by atoms with van der Waals surface area (Å²) < 4.78 is 7.65. The number of nitrogens with zero attached hydrogens (tertiary/aromatic N) is 2. The maximum absolute atomic E-state index is 12.4. The number of likely N-dealkylation sites (N-methyl/N-ethyl adjacent to an activating group) is 1. The number of para-hydroxylation sites is 1. The highest BCUT2D eigenvalue weighted by Crippen LogP contribution is 2.33. The van der Waals surface area contributed by atoms with Crippen LogP contribution in [0.1, 0.15) is 11.3 Å². The number of thiocarbonyl (C=S) groups is 1. The van der Waals surface area contributed by atoms with Crippen LogP contribution in [0.3, 0.4) is 0 Å². The Morgan fingerprint density at radius 2 is 2.11 bits per heavy atom. The number of carbonyl (C=O) groups excluding carboxylic acids is 2. The third-order valence-electron chi connectivity index (χ3n) is 4.45. The Morgan fingerprint density at radius 3 is 2.82 bits per heavy atom. The van der Waals surface area contributed by atoms with Crippen LogP contribution in [0, 0.1) is 0 Å². The fraction of sp³-hybridized carbons (Fsp3) is 0.150. The molecule has 142 valence electrons. The second-order valence-corrected chi connectivity index (χ2v) is 8.00. The predicted octanol–water partition coefficient (Wildman–Crippen LogP) is 3.38. The number of carbonyl (C=O) groups is 2. The zero-order valence-corrected chi connectivity index (χ0v) is 16.7. The first-order valence-corrected chi connectivity index (χ1v) is 9.84. The summed E-state index contributed by atoms with van der Waals surface area (Å²) in [5.41, 5.74) is 1.80. The van der Waals surface area contributed by atoms with Crippen molar-refractivity contribution >= 4 is 57.1 Å². The van der Waals surface area contributed by atoms with Crippen LogP contribution in [0.15, 0.2) is 58.2 Å². The molecular weight excluding hydrogens is 394 g/mol. The van der Waals surface area contributed by atoms with Gasteiger partial charge in [-0.1, -0.05) is 42.2 Å². The van der Waals surface area contributed by atoms with Crippen LogP contribution >= 0.6 is 24.0 Å². The molecule has 0 atom stereocenters. The van der Waals surface area contributed by atoms with Crippen LogP contribution in [0.4, 0.5) is 0 Å². The smallest absolute Gasteiger partial charge is 0.265 e. The maximum Gasteiger partial charge on any atom is 0.265 e. The summed E-state index contributed by atoms with van der Waals surface area (Å²) in [7, 11) is 1.67. The van der Waals surface area contributed by atoms with E-state index in [0.717, 1.165) is 16.5 Å². The van der Waals surface area contributed by atoms with Gasteiger partial charge >= 0.3 is 0 Å². The quantitative estimate of drug-likeness (QED) is 0.515. The molecule has 2 aromatic heterocycles. The summed E-state index contributed by atoms with van der Waals surface area (Å²) in [6, 6.07) is 11.4. The van der Waals surface area contributed by atoms with Gasteiger partial charge in [0, 0.05) is 29.7 Å². The summed E-state index contributed by atoms with van der Waals surface area (Å²) >= 11 is 6.48. The van der Waals surface area contributed by atoms with E-state index in [1.165, 1.54) is 16.7 Å². The minimum Gasteiger partial charge on any atom is -0.467 e. The first-order valence-electron chi connectivity index (χ1n) is 8.61. The summed E-state index contributed by atoms with van der Waals surface area (Å²) in [6.07, 6.45) is 5.30. The number of benzene rings is 1. The number of rotatable bonds is 5. The van der Waals surface area contributed by atoms with E-state index in [0.29, 0.717) is 21.5 Å². The van der Waals surface area contributed by atoms with Crippen molar-refractivity contribution in [2.75, 3.05) is 7.05 Å². The average molecular weight is 412 g/mol. The summed E-state index contributed by atoms with van der Waals surface area (Å²) in [5.74, 6) is 0.472. The Balaban J connectivity index is 1.59. The predicted molar refractivity (Wildman–Crippen MR) is 113 cm³/mol.